The summed E-state index contributed by atoms with van der Waals surface area (Å²) in [5.41, 5.74) is 19.5. The lowest BCUT2D eigenvalue weighted by Gasteiger charge is -2.07. The Kier molecular flexibility index (Phi) is 10.7. The van der Waals surface area contributed by atoms with Crippen LogP contribution < -0.4 is 11.5 Å². The molecule has 0 aliphatic rings. The van der Waals surface area contributed by atoms with E-state index in [2.05, 4.69) is 48.9 Å². The van der Waals surface area contributed by atoms with Gasteiger partial charge in [0.05, 0.1) is 9.85 Å². The number of aryl methyl sites for hydroxylation is 4. The number of hydrogen-bond donors (Lipinski definition) is 4. The van der Waals surface area contributed by atoms with Crippen LogP contribution in [0.25, 0.3) is 0 Å². The SMILES string of the molecule is Nc1cc(C#Cc2ccc(C#Cc3ccc(CCc4ccc(S)cc4N)c([N+](=O)[O-])c3)cc2)ccc1CCc1ccc(S)cc1[N+](=O)[O-]. The van der Waals surface area contributed by atoms with E-state index in [0.29, 0.717) is 58.6 Å². The molecular formula is C38H30N4O4S2. The molecule has 0 unspecified atom stereocenters. The van der Waals surface area contributed by atoms with Crippen LogP contribution in [0.1, 0.15) is 44.5 Å². The predicted molar refractivity (Wildman–Crippen MR) is 196 cm³/mol. The van der Waals surface area contributed by atoms with Crippen LogP contribution in [-0.4, -0.2) is 9.85 Å². The van der Waals surface area contributed by atoms with Gasteiger partial charge in [0.25, 0.3) is 11.4 Å². The minimum atomic E-state index is -0.396. The Bertz CT molecular complexity index is 2160. The van der Waals surface area contributed by atoms with E-state index in [-0.39, 0.29) is 16.3 Å². The zero-order chi connectivity index (χ0) is 34.2. The molecule has 0 radical (unpaired) electrons. The van der Waals surface area contributed by atoms with Crippen molar-refractivity contribution in [3.05, 3.63) is 162 Å². The molecule has 0 bridgehead atoms. The van der Waals surface area contributed by atoms with Crippen LogP contribution in [0.5, 0.6) is 0 Å². The van der Waals surface area contributed by atoms with Crippen LogP contribution in [0.15, 0.2) is 107 Å². The number of nitrogen functional groups attached to an aromatic ring is 2. The summed E-state index contributed by atoms with van der Waals surface area (Å²) in [4.78, 5) is 23.7. The van der Waals surface area contributed by atoms with E-state index in [0.717, 1.165) is 32.7 Å². The highest BCUT2D eigenvalue weighted by Crippen LogP contribution is 2.26. The topological polar surface area (TPSA) is 138 Å². The Balaban J connectivity index is 1.22. The third kappa shape index (κ3) is 8.77. The maximum absolute atomic E-state index is 11.8. The van der Waals surface area contributed by atoms with Crippen molar-refractivity contribution in [3.63, 3.8) is 0 Å². The van der Waals surface area contributed by atoms with Crippen LogP contribution in [-0.2, 0) is 25.7 Å². The molecule has 0 spiro atoms. The Hall–Kier alpha value is -5.68. The second kappa shape index (κ2) is 15.3. The van der Waals surface area contributed by atoms with Crippen LogP contribution >= 0.6 is 25.3 Å². The molecule has 0 atom stereocenters. The molecule has 238 valence electrons. The number of nitro groups is 2. The van der Waals surface area contributed by atoms with E-state index in [1.54, 1.807) is 36.4 Å². The Morgan fingerprint density at radius 1 is 0.479 bits per heavy atom. The number of benzene rings is 5. The van der Waals surface area contributed by atoms with Crippen molar-refractivity contribution in [1.29, 1.82) is 0 Å². The zero-order valence-corrected chi connectivity index (χ0v) is 27.4. The summed E-state index contributed by atoms with van der Waals surface area (Å²) in [6, 6.07) is 28.4. The van der Waals surface area contributed by atoms with Crippen molar-refractivity contribution < 1.29 is 9.85 Å². The Morgan fingerprint density at radius 3 is 1.33 bits per heavy atom. The van der Waals surface area contributed by atoms with Gasteiger partial charge in [-0.2, -0.15) is 0 Å². The molecule has 5 rings (SSSR count). The molecule has 48 heavy (non-hydrogen) atoms. The summed E-state index contributed by atoms with van der Waals surface area (Å²) < 4.78 is 0. The fourth-order valence-corrected chi connectivity index (χ4v) is 5.54. The van der Waals surface area contributed by atoms with Gasteiger partial charge in [0.15, 0.2) is 0 Å². The van der Waals surface area contributed by atoms with Crippen molar-refractivity contribution in [2.75, 3.05) is 11.5 Å². The van der Waals surface area contributed by atoms with E-state index in [1.165, 1.54) is 12.1 Å². The molecule has 0 saturated carbocycles. The summed E-state index contributed by atoms with van der Waals surface area (Å²) in [7, 11) is 0. The minimum Gasteiger partial charge on any atom is -0.398 e. The number of hydrogen-bond acceptors (Lipinski definition) is 8. The van der Waals surface area contributed by atoms with Gasteiger partial charge in [0.2, 0.25) is 0 Å². The van der Waals surface area contributed by atoms with E-state index in [4.69, 9.17) is 11.5 Å². The van der Waals surface area contributed by atoms with E-state index in [1.807, 2.05) is 48.5 Å². The largest absolute Gasteiger partial charge is 0.398 e. The first-order chi connectivity index (χ1) is 23.0. The first-order valence-corrected chi connectivity index (χ1v) is 15.8. The van der Waals surface area contributed by atoms with Crippen molar-refractivity contribution >= 4 is 48.0 Å². The molecule has 0 amide bonds. The van der Waals surface area contributed by atoms with E-state index < -0.39 is 4.92 Å². The fourth-order valence-electron chi connectivity index (χ4n) is 5.13. The normalized spacial score (nSPS) is 10.4. The Morgan fingerprint density at radius 2 is 0.833 bits per heavy atom. The van der Waals surface area contributed by atoms with Gasteiger partial charge in [0.1, 0.15) is 0 Å². The third-order valence-electron chi connectivity index (χ3n) is 7.74. The number of rotatable bonds is 8. The molecule has 0 fully saturated rings. The van der Waals surface area contributed by atoms with E-state index in [9.17, 15) is 20.2 Å². The summed E-state index contributed by atoms with van der Waals surface area (Å²) in [6.07, 6.45) is 2.06. The number of nitro benzene ring substituents is 2. The van der Waals surface area contributed by atoms with Crippen molar-refractivity contribution in [2.45, 2.75) is 35.5 Å². The van der Waals surface area contributed by atoms with Crippen molar-refractivity contribution in [1.82, 2.24) is 0 Å². The average Bonchev–Trinajstić information content (AvgIpc) is 3.06. The lowest BCUT2D eigenvalue weighted by atomic mass is 10.00. The van der Waals surface area contributed by atoms with Gasteiger partial charge in [-0.05, 0) is 97.5 Å². The molecule has 5 aromatic rings. The number of thiol groups is 2. The number of anilines is 2. The second-order valence-electron chi connectivity index (χ2n) is 11.0. The summed E-state index contributed by atoms with van der Waals surface area (Å²) in [5.74, 6) is 12.3. The first-order valence-electron chi connectivity index (χ1n) is 14.9. The third-order valence-corrected chi connectivity index (χ3v) is 8.29. The van der Waals surface area contributed by atoms with Gasteiger partial charge in [-0.15, -0.1) is 25.3 Å². The van der Waals surface area contributed by atoms with Crippen LogP contribution in [0.3, 0.4) is 0 Å². The van der Waals surface area contributed by atoms with Gasteiger partial charge in [0, 0.05) is 66.7 Å². The second-order valence-corrected chi connectivity index (χ2v) is 12.1. The first kappa shape index (κ1) is 33.7. The summed E-state index contributed by atoms with van der Waals surface area (Å²) >= 11 is 8.49. The van der Waals surface area contributed by atoms with Gasteiger partial charge in [-0.25, -0.2) is 0 Å². The summed E-state index contributed by atoms with van der Waals surface area (Å²) in [6.45, 7) is 0. The smallest absolute Gasteiger partial charge is 0.273 e. The average molecular weight is 671 g/mol. The Labute approximate surface area is 289 Å². The van der Waals surface area contributed by atoms with Gasteiger partial charge in [-0.1, -0.05) is 47.9 Å². The molecule has 5 aromatic carbocycles. The molecule has 0 aliphatic carbocycles. The zero-order valence-electron chi connectivity index (χ0n) is 25.6. The molecule has 4 N–H and O–H groups in total. The highest BCUT2D eigenvalue weighted by molar-refractivity contribution is 7.80. The maximum Gasteiger partial charge on any atom is 0.273 e. The minimum absolute atomic E-state index is 0.0259. The maximum atomic E-state index is 11.8. The molecular weight excluding hydrogens is 641 g/mol. The van der Waals surface area contributed by atoms with Crippen molar-refractivity contribution in [3.8, 4) is 23.7 Å². The number of nitrogens with zero attached hydrogens (tertiary/aromatic N) is 2. The molecule has 0 saturated heterocycles. The molecule has 10 heteroatoms. The summed E-state index contributed by atoms with van der Waals surface area (Å²) in [5, 5.41) is 23.2. The lowest BCUT2D eigenvalue weighted by molar-refractivity contribution is -0.385. The van der Waals surface area contributed by atoms with Crippen LogP contribution in [0, 0.1) is 43.9 Å². The number of nitrogens with two attached hydrogens (primary N) is 2. The van der Waals surface area contributed by atoms with E-state index >= 15 is 0 Å². The predicted octanol–water partition coefficient (Wildman–Crippen LogP) is 7.61. The van der Waals surface area contributed by atoms with Crippen LogP contribution in [0.2, 0.25) is 0 Å². The van der Waals surface area contributed by atoms with Gasteiger partial charge < -0.3 is 11.5 Å². The van der Waals surface area contributed by atoms with Gasteiger partial charge >= 0.3 is 0 Å². The lowest BCUT2D eigenvalue weighted by Crippen LogP contribution is -2.01. The molecule has 0 aromatic heterocycles. The van der Waals surface area contributed by atoms with Gasteiger partial charge in [-0.3, -0.25) is 20.2 Å². The molecule has 8 nitrogen and oxygen atoms in total. The van der Waals surface area contributed by atoms with Crippen LogP contribution in [0.4, 0.5) is 22.7 Å². The monoisotopic (exact) mass is 670 g/mol. The quantitative estimate of drug-likeness (QED) is 0.0441. The standard InChI is InChI=1S/C38H30N4O4S2/c39-35-21-27(9-11-29(35)13-16-32-18-20-34(48)24-38(32)42(45)46)7-5-25-1-3-26(4-2-25)6-8-28-10-12-31(37(22-28)41(43)44)15-14-30-17-19-33(47)23-36(30)40/h1-4,9-12,17-24,47-48H,13-16,39-40H2. The highest BCUT2D eigenvalue weighted by atomic mass is 32.1. The molecule has 0 aliphatic heterocycles. The highest BCUT2D eigenvalue weighted by Gasteiger charge is 2.16. The van der Waals surface area contributed by atoms with Crippen molar-refractivity contribution in [2.24, 2.45) is 0 Å². The fraction of sp³-hybridized carbons (Fsp3) is 0.105. The molecule has 0 heterocycles.